The van der Waals surface area contributed by atoms with E-state index in [1.165, 1.54) is 5.56 Å². The molecule has 1 N–H and O–H groups in total. The van der Waals surface area contributed by atoms with Crippen molar-refractivity contribution in [2.75, 3.05) is 20.7 Å². The minimum Gasteiger partial charge on any atom is -0.482 e. The minimum atomic E-state index is -0.219. The van der Waals surface area contributed by atoms with Crippen LogP contribution < -0.4 is 10.1 Å². The zero-order chi connectivity index (χ0) is 17.5. The molecule has 0 bridgehead atoms. The number of amides is 1. The van der Waals surface area contributed by atoms with E-state index in [-0.39, 0.29) is 12.5 Å². The van der Waals surface area contributed by atoms with Crippen molar-refractivity contribution in [1.82, 2.24) is 10.2 Å². The summed E-state index contributed by atoms with van der Waals surface area (Å²) in [4.78, 5) is 14.0. The molecule has 0 aliphatic heterocycles. The lowest BCUT2D eigenvalue weighted by Crippen LogP contribution is -2.28. The van der Waals surface area contributed by atoms with Gasteiger partial charge in [-0.1, -0.05) is 47.5 Å². The Bertz CT molecular complexity index is 688. The summed E-state index contributed by atoms with van der Waals surface area (Å²) in [5, 5.41) is 3.74. The Morgan fingerprint density at radius 2 is 1.75 bits per heavy atom. The third kappa shape index (κ3) is 6.04. The predicted molar refractivity (Wildman–Crippen MR) is 97.6 cm³/mol. The van der Waals surface area contributed by atoms with Gasteiger partial charge in [-0.05, 0) is 37.4 Å². The molecule has 6 heteroatoms. The smallest absolute Gasteiger partial charge is 0.258 e. The Morgan fingerprint density at radius 3 is 2.42 bits per heavy atom. The van der Waals surface area contributed by atoms with Crippen LogP contribution in [0, 0.1) is 0 Å². The molecule has 0 radical (unpaired) electrons. The molecule has 0 saturated heterocycles. The molecule has 0 aromatic heterocycles. The second kappa shape index (κ2) is 8.92. The average Bonchev–Trinajstić information content (AvgIpc) is 2.54. The van der Waals surface area contributed by atoms with Crippen LogP contribution in [0.2, 0.25) is 10.0 Å². The number of carbonyl (C=O) groups excluding carboxylic acids is 1. The predicted octanol–water partition coefficient (Wildman–Crippen LogP) is 3.75. The van der Waals surface area contributed by atoms with Gasteiger partial charge in [-0.25, -0.2) is 0 Å². The van der Waals surface area contributed by atoms with Gasteiger partial charge in [-0.2, -0.15) is 0 Å². The molecule has 0 saturated carbocycles. The van der Waals surface area contributed by atoms with Crippen LogP contribution in [0.3, 0.4) is 0 Å². The lowest BCUT2D eigenvalue weighted by atomic mass is 10.1. The molecule has 0 aliphatic carbocycles. The maximum absolute atomic E-state index is 11.9. The van der Waals surface area contributed by atoms with Gasteiger partial charge in [0.05, 0.1) is 5.02 Å². The van der Waals surface area contributed by atoms with Gasteiger partial charge in [0.15, 0.2) is 6.61 Å². The number of nitrogens with one attached hydrogen (secondary N) is 1. The maximum Gasteiger partial charge on any atom is 0.258 e. The summed E-state index contributed by atoms with van der Waals surface area (Å²) >= 11 is 11.9. The summed E-state index contributed by atoms with van der Waals surface area (Å²) < 4.78 is 5.40. The quantitative estimate of drug-likeness (QED) is 0.811. The number of halogens is 2. The fraction of sp³-hybridized carbons (Fsp3) is 0.278. The Morgan fingerprint density at radius 1 is 1.08 bits per heavy atom. The van der Waals surface area contributed by atoms with E-state index in [1.54, 1.807) is 18.2 Å². The zero-order valence-corrected chi connectivity index (χ0v) is 15.2. The first-order valence-electron chi connectivity index (χ1n) is 7.51. The van der Waals surface area contributed by atoms with E-state index in [0.717, 1.165) is 12.1 Å². The molecule has 2 aromatic carbocycles. The highest BCUT2D eigenvalue weighted by Gasteiger charge is 2.07. The molecular weight excluding hydrogens is 347 g/mol. The van der Waals surface area contributed by atoms with Crippen LogP contribution in [0.5, 0.6) is 5.75 Å². The number of hydrogen-bond donors (Lipinski definition) is 1. The first kappa shape index (κ1) is 18.6. The van der Waals surface area contributed by atoms with Gasteiger partial charge in [0.1, 0.15) is 5.75 Å². The lowest BCUT2D eigenvalue weighted by molar-refractivity contribution is -0.123. The van der Waals surface area contributed by atoms with Crippen molar-refractivity contribution in [3.05, 3.63) is 63.6 Å². The van der Waals surface area contributed by atoms with Gasteiger partial charge in [0, 0.05) is 24.2 Å². The van der Waals surface area contributed by atoms with E-state index >= 15 is 0 Å². The molecule has 0 atom stereocenters. The van der Waals surface area contributed by atoms with E-state index in [2.05, 4.69) is 22.3 Å². The Hall–Kier alpha value is -1.75. The number of ether oxygens (including phenoxy) is 1. The lowest BCUT2D eigenvalue weighted by Gasteiger charge is -2.11. The summed E-state index contributed by atoms with van der Waals surface area (Å²) in [6.45, 7) is 1.23. The van der Waals surface area contributed by atoms with Crippen molar-refractivity contribution >= 4 is 29.1 Å². The van der Waals surface area contributed by atoms with E-state index in [4.69, 9.17) is 27.9 Å². The Labute approximate surface area is 152 Å². The largest absolute Gasteiger partial charge is 0.482 e. The molecule has 1 amide bonds. The topological polar surface area (TPSA) is 41.6 Å². The summed E-state index contributed by atoms with van der Waals surface area (Å²) in [6.07, 6.45) is 0. The minimum absolute atomic E-state index is 0.112. The molecular formula is C18H20Cl2N2O2. The van der Waals surface area contributed by atoms with Gasteiger partial charge in [-0.15, -0.1) is 0 Å². The van der Waals surface area contributed by atoms with Crippen molar-refractivity contribution in [3.8, 4) is 5.75 Å². The van der Waals surface area contributed by atoms with Crippen LogP contribution in [0.4, 0.5) is 0 Å². The highest BCUT2D eigenvalue weighted by Crippen LogP contribution is 2.27. The molecule has 0 heterocycles. The summed E-state index contributed by atoms with van der Waals surface area (Å²) in [5.41, 5.74) is 2.26. The first-order valence-corrected chi connectivity index (χ1v) is 8.27. The average molecular weight is 367 g/mol. The Kier molecular flexibility index (Phi) is 6.91. The highest BCUT2D eigenvalue weighted by molar-refractivity contribution is 6.34. The van der Waals surface area contributed by atoms with Crippen LogP contribution in [-0.2, 0) is 17.9 Å². The number of nitrogens with zero attached hydrogens (tertiary/aromatic N) is 1. The number of hydrogen-bond acceptors (Lipinski definition) is 3. The van der Waals surface area contributed by atoms with Crippen LogP contribution in [0.25, 0.3) is 0 Å². The van der Waals surface area contributed by atoms with Crippen molar-refractivity contribution in [2.45, 2.75) is 13.1 Å². The van der Waals surface area contributed by atoms with Crippen LogP contribution in [0.15, 0.2) is 42.5 Å². The van der Waals surface area contributed by atoms with Crippen molar-refractivity contribution in [2.24, 2.45) is 0 Å². The van der Waals surface area contributed by atoms with Crippen molar-refractivity contribution < 1.29 is 9.53 Å². The highest BCUT2D eigenvalue weighted by atomic mass is 35.5. The second-order valence-electron chi connectivity index (χ2n) is 5.69. The third-order valence-corrected chi connectivity index (χ3v) is 3.81. The van der Waals surface area contributed by atoms with Crippen LogP contribution in [0.1, 0.15) is 11.1 Å². The third-order valence-electron chi connectivity index (χ3n) is 3.26. The number of rotatable bonds is 7. The number of carbonyl (C=O) groups is 1. The van der Waals surface area contributed by atoms with Crippen LogP contribution >= 0.6 is 23.2 Å². The fourth-order valence-electron chi connectivity index (χ4n) is 2.11. The molecule has 4 nitrogen and oxygen atoms in total. The van der Waals surface area contributed by atoms with E-state index in [1.807, 2.05) is 26.2 Å². The molecule has 2 aromatic rings. The van der Waals surface area contributed by atoms with E-state index in [0.29, 0.717) is 22.3 Å². The molecule has 0 spiro atoms. The molecule has 0 fully saturated rings. The molecule has 0 unspecified atom stereocenters. The summed E-state index contributed by atoms with van der Waals surface area (Å²) in [6, 6.07) is 13.0. The van der Waals surface area contributed by atoms with Crippen LogP contribution in [-0.4, -0.2) is 31.5 Å². The standard InChI is InChI=1S/C18H20Cl2N2O2/c1-22(2)11-14-5-3-13(4-6-14)10-21-18(23)12-24-17-9-15(19)7-8-16(17)20/h3-9H,10-12H2,1-2H3,(H,21,23). The molecule has 128 valence electrons. The molecule has 0 aliphatic rings. The monoisotopic (exact) mass is 366 g/mol. The normalized spacial score (nSPS) is 10.7. The van der Waals surface area contributed by atoms with E-state index < -0.39 is 0 Å². The maximum atomic E-state index is 11.9. The van der Waals surface area contributed by atoms with Gasteiger partial charge < -0.3 is 15.0 Å². The molecule has 24 heavy (non-hydrogen) atoms. The summed E-state index contributed by atoms with van der Waals surface area (Å²) in [7, 11) is 4.06. The van der Waals surface area contributed by atoms with E-state index in [9.17, 15) is 4.79 Å². The van der Waals surface area contributed by atoms with Gasteiger partial charge in [0.2, 0.25) is 0 Å². The summed E-state index contributed by atoms with van der Waals surface area (Å²) in [5.74, 6) is 0.177. The first-order chi connectivity index (χ1) is 11.4. The van der Waals surface area contributed by atoms with Crippen molar-refractivity contribution in [1.29, 1.82) is 0 Å². The second-order valence-corrected chi connectivity index (χ2v) is 6.54. The van der Waals surface area contributed by atoms with Gasteiger partial charge >= 0.3 is 0 Å². The SMILES string of the molecule is CN(C)Cc1ccc(CNC(=O)COc2cc(Cl)ccc2Cl)cc1. The van der Waals surface area contributed by atoms with Crippen molar-refractivity contribution in [3.63, 3.8) is 0 Å². The van der Waals surface area contributed by atoms with Gasteiger partial charge in [0.25, 0.3) is 5.91 Å². The number of benzene rings is 2. The molecule has 2 rings (SSSR count). The Balaban J connectivity index is 1.79. The fourth-order valence-corrected chi connectivity index (χ4v) is 2.44. The zero-order valence-electron chi connectivity index (χ0n) is 13.7. The van der Waals surface area contributed by atoms with Gasteiger partial charge in [-0.3, -0.25) is 4.79 Å².